The molecule has 0 N–H and O–H groups in total. The van der Waals surface area contributed by atoms with Gasteiger partial charge in [0, 0.05) is 24.4 Å². The van der Waals surface area contributed by atoms with Crippen LogP contribution in [0.4, 0.5) is 5.69 Å². The second-order valence-electron chi connectivity index (χ2n) is 7.99. The van der Waals surface area contributed by atoms with Crippen molar-refractivity contribution in [1.29, 1.82) is 0 Å². The van der Waals surface area contributed by atoms with Gasteiger partial charge in [0.05, 0.1) is 25.5 Å². The molecule has 2 aliphatic rings. The molecule has 1 fully saturated rings. The van der Waals surface area contributed by atoms with Gasteiger partial charge >= 0.3 is 0 Å². The Hall–Kier alpha value is -2.84. The smallest absolute Gasteiger partial charge is 0.237 e. The molecule has 1 amide bonds. The number of aromatic nitrogens is 3. The Labute approximate surface area is 191 Å². The van der Waals surface area contributed by atoms with Gasteiger partial charge in [0.15, 0.2) is 11.0 Å². The molecule has 5 rings (SSSR count). The van der Waals surface area contributed by atoms with E-state index in [2.05, 4.69) is 20.8 Å². The summed E-state index contributed by atoms with van der Waals surface area (Å²) in [5.41, 5.74) is 3.22. The summed E-state index contributed by atoms with van der Waals surface area (Å²) in [5.74, 6) is 1.99. The molecule has 0 spiro atoms. The largest absolute Gasteiger partial charge is 0.497 e. The van der Waals surface area contributed by atoms with Crippen molar-refractivity contribution in [1.82, 2.24) is 14.8 Å². The lowest BCUT2D eigenvalue weighted by Gasteiger charge is -2.18. The van der Waals surface area contributed by atoms with Crippen LogP contribution in [0.25, 0.3) is 11.4 Å². The maximum absolute atomic E-state index is 13.0. The van der Waals surface area contributed by atoms with Crippen LogP contribution < -0.4 is 9.64 Å². The maximum atomic E-state index is 13.0. The molecule has 3 aromatic rings. The summed E-state index contributed by atoms with van der Waals surface area (Å²) >= 11 is 1.44. The highest BCUT2D eigenvalue weighted by Gasteiger charge is 2.26. The van der Waals surface area contributed by atoms with Crippen LogP contribution in [0.2, 0.25) is 0 Å². The molecule has 3 heterocycles. The highest BCUT2D eigenvalue weighted by atomic mass is 32.2. The van der Waals surface area contributed by atoms with Crippen molar-refractivity contribution in [3.05, 3.63) is 54.1 Å². The van der Waals surface area contributed by atoms with Crippen LogP contribution in [0.5, 0.6) is 5.75 Å². The minimum absolute atomic E-state index is 0.0950. The first-order valence-corrected chi connectivity index (χ1v) is 11.9. The molecule has 7 nitrogen and oxygen atoms in total. The number of fused-ring (bicyclic) bond motifs is 1. The predicted octanol–water partition coefficient (Wildman–Crippen LogP) is 3.81. The van der Waals surface area contributed by atoms with E-state index in [1.807, 2.05) is 47.4 Å². The molecular weight excluding hydrogens is 424 g/mol. The predicted molar refractivity (Wildman–Crippen MR) is 124 cm³/mol. The number of rotatable bonds is 7. The number of hydrogen-bond donors (Lipinski definition) is 0. The monoisotopic (exact) mass is 450 g/mol. The maximum Gasteiger partial charge on any atom is 0.237 e. The Bertz CT molecular complexity index is 1090. The van der Waals surface area contributed by atoms with Gasteiger partial charge in [-0.25, -0.2) is 0 Å². The number of carbonyl (C=O) groups excluding carboxylic acids is 1. The minimum atomic E-state index is 0.0950. The summed E-state index contributed by atoms with van der Waals surface area (Å²) in [5, 5.41) is 9.65. The van der Waals surface area contributed by atoms with Crippen LogP contribution in [-0.2, 0) is 22.5 Å². The van der Waals surface area contributed by atoms with Crippen molar-refractivity contribution in [2.45, 2.75) is 37.1 Å². The Morgan fingerprint density at radius 3 is 2.81 bits per heavy atom. The normalized spacial score (nSPS) is 17.5. The summed E-state index contributed by atoms with van der Waals surface area (Å²) in [6.07, 6.45) is 3.14. The van der Waals surface area contributed by atoms with Gasteiger partial charge in [-0.2, -0.15) is 0 Å². The fourth-order valence-electron chi connectivity index (χ4n) is 4.31. The molecule has 0 radical (unpaired) electrons. The quantitative estimate of drug-likeness (QED) is 0.510. The number of para-hydroxylation sites is 1. The standard InChI is InChI=1S/C24H26N4O3S/c1-30-19-10-8-18(9-11-19)23-25-26-24(28(23)15-20-6-4-14-31-20)32-16-22(29)27-13-12-17-5-2-3-7-21(17)27/h2-3,5,7-11,20H,4,6,12-16H2,1H3/t20-/m1/s1. The van der Waals surface area contributed by atoms with Gasteiger partial charge in [-0.3, -0.25) is 9.36 Å². The van der Waals surface area contributed by atoms with E-state index in [-0.39, 0.29) is 12.0 Å². The third kappa shape index (κ3) is 4.25. The molecule has 1 aromatic heterocycles. The number of nitrogens with zero attached hydrogens (tertiary/aromatic N) is 4. The Kier molecular flexibility index (Phi) is 6.14. The molecule has 2 aromatic carbocycles. The summed E-state index contributed by atoms with van der Waals surface area (Å²) in [7, 11) is 1.65. The molecule has 1 saturated heterocycles. The van der Waals surface area contributed by atoms with E-state index in [0.717, 1.165) is 60.4 Å². The highest BCUT2D eigenvalue weighted by Crippen LogP contribution is 2.30. The molecule has 0 aliphatic carbocycles. The van der Waals surface area contributed by atoms with Crippen molar-refractivity contribution >= 4 is 23.4 Å². The zero-order valence-corrected chi connectivity index (χ0v) is 18.9. The van der Waals surface area contributed by atoms with E-state index < -0.39 is 0 Å². The number of methoxy groups -OCH3 is 1. The molecule has 0 unspecified atom stereocenters. The fourth-order valence-corrected chi connectivity index (χ4v) is 5.13. The third-order valence-electron chi connectivity index (χ3n) is 5.99. The number of carbonyl (C=O) groups is 1. The first kappa shape index (κ1) is 21.0. The Morgan fingerprint density at radius 1 is 1.19 bits per heavy atom. The zero-order chi connectivity index (χ0) is 21.9. The summed E-state index contributed by atoms with van der Waals surface area (Å²) in [4.78, 5) is 14.9. The van der Waals surface area contributed by atoms with Crippen molar-refractivity contribution in [2.24, 2.45) is 0 Å². The van der Waals surface area contributed by atoms with Gasteiger partial charge in [0.1, 0.15) is 5.75 Å². The lowest BCUT2D eigenvalue weighted by molar-refractivity contribution is -0.116. The Morgan fingerprint density at radius 2 is 2.03 bits per heavy atom. The molecular formula is C24H26N4O3S. The fraction of sp³-hybridized carbons (Fsp3) is 0.375. The van der Waals surface area contributed by atoms with Crippen molar-refractivity contribution in [2.75, 3.05) is 30.9 Å². The van der Waals surface area contributed by atoms with E-state index >= 15 is 0 Å². The molecule has 0 saturated carbocycles. The lowest BCUT2D eigenvalue weighted by atomic mass is 10.2. The summed E-state index contributed by atoms with van der Waals surface area (Å²) in [6.45, 7) is 2.20. The van der Waals surface area contributed by atoms with E-state index in [1.54, 1.807) is 7.11 Å². The first-order chi connectivity index (χ1) is 15.7. The molecule has 32 heavy (non-hydrogen) atoms. The van der Waals surface area contributed by atoms with E-state index in [9.17, 15) is 4.79 Å². The second kappa shape index (κ2) is 9.34. The third-order valence-corrected chi connectivity index (χ3v) is 6.94. The lowest BCUT2D eigenvalue weighted by Crippen LogP contribution is -2.30. The number of benzene rings is 2. The topological polar surface area (TPSA) is 69.5 Å². The van der Waals surface area contributed by atoms with Gasteiger partial charge in [-0.05, 0) is 55.2 Å². The number of amides is 1. The van der Waals surface area contributed by atoms with Crippen LogP contribution in [0, 0.1) is 0 Å². The van der Waals surface area contributed by atoms with Crippen LogP contribution in [-0.4, -0.2) is 52.8 Å². The van der Waals surface area contributed by atoms with Crippen LogP contribution in [0.3, 0.4) is 0 Å². The van der Waals surface area contributed by atoms with Crippen LogP contribution >= 0.6 is 11.8 Å². The average molecular weight is 451 g/mol. The number of anilines is 1. The molecule has 2 aliphatic heterocycles. The zero-order valence-electron chi connectivity index (χ0n) is 18.1. The molecule has 8 heteroatoms. The van der Waals surface area contributed by atoms with Gasteiger partial charge in [0.25, 0.3) is 0 Å². The van der Waals surface area contributed by atoms with Crippen molar-refractivity contribution in [3.8, 4) is 17.1 Å². The van der Waals surface area contributed by atoms with Crippen LogP contribution in [0.1, 0.15) is 18.4 Å². The van der Waals surface area contributed by atoms with Crippen molar-refractivity contribution in [3.63, 3.8) is 0 Å². The average Bonchev–Trinajstić information content (AvgIpc) is 3.58. The minimum Gasteiger partial charge on any atom is -0.497 e. The van der Waals surface area contributed by atoms with Crippen molar-refractivity contribution < 1.29 is 14.3 Å². The van der Waals surface area contributed by atoms with Gasteiger partial charge in [-0.1, -0.05) is 30.0 Å². The number of hydrogen-bond acceptors (Lipinski definition) is 6. The highest BCUT2D eigenvalue weighted by molar-refractivity contribution is 7.99. The van der Waals surface area contributed by atoms with E-state index in [1.165, 1.54) is 17.3 Å². The Balaban J connectivity index is 1.35. The van der Waals surface area contributed by atoms with Gasteiger partial charge in [0.2, 0.25) is 5.91 Å². The van der Waals surface area contributed by atoms with Gasteiger partial charge in [-0.15, -0.1) is 10.2 Å². The van der Waals surface area contributed by atoms with E-state index in [4.69, 9.17) is 9.47 Å². The van der Waals surface area contributed by atoms with Gasteiger partial charge < -0.3 is 14.4 Å². The summed E-state index contributed by atoms with van der Waals surface area (Å²) < 4.78 is 13.2. The molecule has 166 valence electrons. The SMILES string of the molecule is COc1ccc(-c2nnc(SCC(=O)N3CCc4ccccc43)n2C[C@H]2CCCO2)cc1. The first-order valence-electron chi connectivity index (χ1n) is 10.9. The van der Waals surface area contributed by atoms with Crippen LogP contribution in [0.15, 0.2) is 53.7 Å². The second-order valence-corrected chi connectivity index (χ2v) is 8.94. The molecule has 0 bridgehead atoms. The van der Waals surface area contributed by atoms with E-state index in [0.29, 0.717) is 12.3 Å². The number of thioether (sulfide) groups is 1. The summed E-state index contributed by atoms with van der Waals surface area (Å²) in [6, 6.07) is 15.9. The number of ether oxygens (including phenoxy) is 2. The molecule has 1 atom stereocenters.